The van der Waals surface area contributed by atoms with E-state index in [1.807, 2.05) is 25.1 Å². The second-order valence-corrected chi connectivity index (χ2v) is 7.78. The maximum absolute atomic E-state index is 11.9. The zero-order valence-corrected chi connectivity index (χ0v) is 17.9. The number of fused-ring (bicyclic) bond motifs is 1. The van der Waals surface area contributed by atoms with E-state index in [1.54, 1.807) is 6.92 Å². The number of anilines is 1. The van der Waals surface area contributed by atoms with E-state index in [4.69, 9.17) is 21.1 Å². The van der Waals surface area contributed by atoms with Gasteiger partial charge in [-0.2, -0.15) is 0 Å². The zero-order valence-electron chi connectivity index (χ0n) is 17.2. The molecular formula is C22H25ClN4O3. The Morgan fingerprint density at radius 3 is 2.70 bits per heavy atom. The summed E-state index contributed by atoms with van der Waals surface area (Å²) >= 11 is 6.52. The van der Waals surface area contributed by atoms with E-state index >= 15 is 0 Å². The SMILES string of the molecule is CCOC(=O)C(C)Cc1nc2nc(-c3ccc(N4CCOCC4)cc3)c(Cl)cc2[nH]1. The van der Waals surface area contributed by atoms with Gasteiger partial charge in [-0.3, -0.25) is 4.79 Å². The van der Waals surface area contributed by atoms with Gasteiger partial charge >= 0.3 is 5.97 Å². The molecule has 1 aliphatic rings. The first-order valence-corrected chi connectivity index (χ1v) is 10.6. The van der Waals surface area contributed by atoms with Gasteiger partial charge in [-0.25, -0.2) is 9.97 Å². The van der Waals surface area contributed by atoms with Crippen molar-refractivity contribution in [3.8, 4) is 11.3 Å². The Labute approximate surface area is 180 Å². The maximum Gasteiger partial charge on any atom is 0.309 e. The lowest BCUT2D eigenvalue weighted by Crippen LogP contribution is -2.36. The quantitative estimate of drug-likeness (QED) is 0.600. The molecule has 3 aromatic rings. The molecule has 158 valence electrons. The lowest BCUT2D eigenvalue weighted by Gasteiger charge is -2.28. The highest BCUT2D eigenvalue weighted by atomic mass is 35.5. The van der Waals surface area contributed by atoms with Gasteiger partial charge in [0.05, 0.1) is 42.0 Å². The summed E-state index contributed by atoms with van der Waals surface area (Å²) in [6.45, 7) is 7.28. The van der Waals surface area contributed by atoms with Crippen LogP contribution in [0, 0.1) is 5.92 Å². The molecule has 1 fully saturated rings. The molecule has 3 heterocycles. The summed E-state index contributed by atoms with van der Waals surface area (Å²) in [6.07, 6.45) is 0.455. The molecule has 8 heteroatoms. The summed E-state index contributed by atoms with van der Waals surface area (Å²) < 4.78 is 10.5. The number of benzene rings is 1. The molecular weight excluding hydrogens is 404 g/mol. The molecule has 0 amide bonds. The fourth-order valence-electron chi connectivity index (χ4n) is 3.58. The molecule has 7 nitrogen and oxygen atoms in total. The number of pyridine rings is 1. The van der Waals surface area contributed by atoms with Crippen molar-refractivity contribution < 1.29 is 14.3 Å². The van der Waals surface area contributed by atoms with E-state index in [0.29, 0.717) is 35.2 Å². The third-order valence-corrected chi connectivity index (χ3v) is 5.47. The minimum atomic E-state index is -0.284. The van der Waals surface area contributed by atoms with Gasteiger partial charge in [-0.15, -0.1) is 0 Å². The molecule has 2 aromatic heterocycles. The molecule has 4 rings (SSSR count). The van der Waals surface area contributed by atoms with Crippen LogP contribution in [0.4, 0.5) is 5.69 Å². The number of hydrogen-bond acceptors (Lipinski definition) is 6. The van der Waals surface area contributed by atoms with Crippen LogP contribution < -0.4 is 4.90 Å². The van der Waals surface area contributed by atoms with E-state index in [2.05, 4.69) is 32.0 Å². The number of carbonyl (C=O) groups excluding carboxylic acids is 1. The maximum atomic E-state index is 11.9. The van der Waals surface area contributed by atoms with Crippen LogP contribution in [-0.2, 0) is 20.7 Å². The number of nitrogens with one attached hydrogen (secondary N) is 1. The summed E-state index contributed by atoms with van der Waals surface area (Å²) in [4.78, 5) is 26.6. The van der Waals surface area contributed by atoms with Crippen molar-refractivity contribution in [2.24, 2.45) is 5.92 Å². The van der Waals surface area contributed by atoms with Gasteiger partial charge in [-0.05, 0) is 25.1 Å². The summed E-state index contributed by atoms with van der Waals surface area (Å²) in [5, 5.41) is 0.551. The Morgan fingerprint density at radius 1 is 1.27 bits per heavy atom. The van der Waals surface area contributed by atoms with E-state index in [-0.39, 0.29) is 11.9 Å². The monoisotopic (exact) mass is 428 g/mol. The first-order chi connectivity index (χ1) is 14.5. The standard InChI is InChI=1S/C22H25ClN4O3/c1-3-30-22(28)14(2)12-19-24-18-13-17(23)20(26-21(18)25-19)15-4-6-16(7-5-15)27-8-10-29-11-9-27/h4-7,13-14H,3,8-12H2,1-2H3,(H,24,25,26). The molecule has 1 unspecified atom stereocenters. The Morgan fingerprint density at radius 2 is 2.00 bits per heavy atom. The highest BCUT2D eigenvalue weighted by Crippen LogP contribution is 2.30. The average Bonchev–Trinajstić information content (AvgIpc) is 3.15. The Kier molecular flexibility index (Phi) is 6.20. The van der Waals surface area contributed by atoms with Crippen molar-refractivity contribution in [2.75, 3.05) is 37.8 Å². The molecule has 1 aromatic carbocycles. The Hall–Kier alpha value is -2.64. The number of H-pyrrole nitrogens is 1. The van der Waals surface area contributed by atoms with Gasteiger partial charge in [0.25, 0.3) is 0 Å². The van der Waals surface area contributed by atoms with Crippen LogP contribution in [0.5, 0.6) is 0 Å². The fourth-order valence-corrected chi connectivity index (χ4v) is 3.84. The number of morpholine rings is 1. The van der Waals surface area contributed by atoms with Crippen LogP contribution >= 0.6 is 11.6 Å². The first kappa shape index (κ1) is 20.6. The summed E-state index contributed by atoms with van der Waals surface area (Å²) in [5.74, 6) is 0.173. The number of halogens is 1. The number of hydrogen-bond donors (Lipinski definition) is 1. The third-order valence-electron chi connectivity index (χ3n) is 5.18. The predicted octanol–water partition coefficient (Wildman–Crippen LogP) is 3.86. The topological polar surface area (TPSA) is 80.3 Å². The van der Waals surface area contributed by atoms with Crippen molar-refractivity contribution in [1.29, 1.82) is 0 Å². The van der Waals surface area contributed by atoms with Crippen LogP contribution in [0.15, 0.2) is 30.3 Å². The van der Waals surface area contributed by atoms with Crippen LogP contribution in [0.2, 0.25) is 5.02 Å². The van der Waals surface area contributed by atoms with Crippen LogP contribution in [0.25, 0.3) is 22.4 Å². The van der Waals surface area contributed by atoms with Crippen molar-refractivity contribution in [3.05, 3.63) is 41.2 Å². The number of rotatable bonds is 6. The summed E-state index contributed by atoms with van der Waals surface area (Å²) in [6, 6.07) is 10.1. The number of ether oxygens (including phenoxy) is 2. The van der Waals surface area contributed by atoms with Crippen molar-refractivity contribution >= 4 is 34.4 Å². The second-order valence-electron chi connectivity index (χ2n) is 7.38. The molecule has 1 saturated heterocycles. The first-order valence-electron chi connectivity index (χ1n) is 10.2. The van der Waals surface area contributed by atoms with Crippen molar-refractivity contribution in [1.82, 2.24) is 15.0 Å². The highest BCUT2D eigenvalue weighted by molar-refractivity contribution is 6.33. The second kappa shape index (κ2) is 9.02. The molecule has 1 N–H and O–H groups in total. The van der Waals surface area contributed by atoms with E-state index in [9.17, 15) is 4.79 Å². The smallest absolute Gasteiger partial charge is 0.309 e. The molecule has 0 radical (unpaired) electrons. The molecule has 0 aliphatic carbocycles. The lowest BCUT2D eigenvalue weighted by atomic mass is 10.1. The largest absolute Gasteiger partial charge is 0.466 e. The van der Waals surface area contributed by atoms with Gasteiger partial charge in [0.15, 0.2) is 5.65 Å². The fraction of sp³-hybridized carbons (Fsp3) is 0.409. The number of carbonyl (C=O) groups is 1. The summed E-state index contributed by atoms with van der Waals surface area (Å²) in [7, 11) is 0. The molecule has 30 heavy (non-hydrogen) atoms. The number of esters is 1. The van der Waals surface area contributed by atoms with E-state index in [0.717, 1.165) is 43.1 Å². The Balaban J connectivity index is 1.56. The number of aromatic amines is 1. The van der Waals surface area contributed by atoms with Crippen LogP contribution in [0.3, 0.4) is 0 Å². The minimum Gasteiger partial charge on any atom is -0.466 e. The number of aromatic nitrogens is 3. The number of nitrogens with zero attached hydrogens (tertiary/aromatic N) is 3. The van der Waals surface area contributed by atoms with Gasteiger partial charge in [0.1, 0.15) is 5.82 Å². The van der Waals surface area contributed by atoms with E-state index in [1.165, 1.54) is 0 Å². The normalized spacial score (nSPS) is 15.4. The third kappa shape index (κ3) is 4.42. The van der Waals surface area contributed by atoms with Crippen molar-refractivity contribution in [3.63, 3.8) is 0 Å². The van der Waals surface area contributed by atoms with Crippen molar-refractivity contribution in [2.45, 2.75) is 20.3 Å². The molecule has 1 atom stereocenters. The minimum absolute atomic E-state index is 0.231. The lowest BCUT2D eigenvalue weighted by molar-refractivity contribution is -0.147. The summed E-state index contributed by atoms with van der Waals surface area (Å²) in [5.41, 5.74) is 4.12. The van der Waals surface area contributed by atoms with Gasteiger partial charge in [-0.1, -0.05) is 30.7 Å². The highest BCUT2D eigenvalue weighted by Gasteiger charge is 2.18. The van der Waals surface area contributed by atoms with Crippen LogP contribution in [0.1, 0.15) is 19.7 Å². The van der Waals surface area contributed by atoms with Gasteiger partial charge in [0.2, 0.25) is 0 Å². The average molecular weight is 429 g/mol. The molecule has 0 saturated carbocycles. The molecule has 1 aliphatic heterocycles. The van der Waals surface area contributed by atoms with Crippen LogP contribution in [-0.4, -0.2) is 53.8 Å². The van der Waals surface area contributed by atoms with Gasteiger partial charge in [0, 0.05) is 30.8 Å². The van der Waals surface area contributed by atoms with E-state index < -0.39 is 0 Å². The Bertz CT molecular complexity index is 1030. The molecule has 0 bridgehead atoms. The predicted molar refractivity (Wildman–Crippen MR) is 117 cm³/mol. The zero-order chi connectivity index (χ0) is 21.1. The van der Waals surface area contributed by atoms with Gasteiger partial charge < -0.3 is 19.4 Å². The number of imidazole rings is 1. The molecule has 0 spiro atoms.